The summed E-state index contributed by atoms with van der Waals surface area (Å²) in [6.45, 7) is 5.00. The lowest BCUT2D eigenvalue weighted by Gasteiger charge is -2.20. The molecule has 1 heterocycles. The van der Waals surface area contributed by atoms with Crippen molar-refractivity contribution in [3.63, 3.8) is 0 Å². The highest BCUT2D eigenvalue weighted by Crippen LogP contribution is 2.31. The van der Waals surface area contributed by atoms with Crippen molar-refractivity contribution in [3.05, 3.63) is 49.8 Å². The molecule has 0 aliphatic rings. The summed E-state index contributed by atoms with van der Waals surface area (Å²) >= 11 is 8.70. The molecule has 0 amide bonds. The summed E-state index contributed by atoms with van der Waals surface area (Å²) in [6, 6.07) is 6.40. The van der Waals surface area contributed by atoms with E-state index in [0.29, 0.717) is 5.02 Å². The number of halogens is 2. The number of hydrogen-bond donors (Lipinski definition) is 1. The Hall–Kier alpha value is -0.590. The Balaban J connectivity index is 2.56. The number of aryl methyl sites for hydroxylation is 2. The van der Waals surface area contributed by atoms with E-state index in [4.69, 9.17) is 11.6 Å². The summed E-state index contributed by atoms with van der Waals surface area (Å²) in [6.07, 6.45) is 1.72. The molecule has 2 aromatic rings. The van der Waals surface area contributed by atoms with Gasteiger partial charge in [-0.3, -0.25) is 4.68 Å². The minimum Gasteiger partial charge on any atom is -0.308 e. The van der Waals surface area contributed by atoms with Gasteiger partial charge in [0, 0.05) is 10.1 Å². The number of rotatable bonds is 4. The predicted molar refractivity (Wildman–Crippen MR) is 87.7 cm³/mol. The normalized spacial score (nSPS) is 12.7. The van der Waals surface area contributed by atoms with Gasteiger partial charge >= 0.3 is 0 Å². The van der Waals surface area contributed by atoms with Crippen molar-refractivity contribution in [2.75, 3.05) is 7.05 Å². The summed E-state index contributed by atoms with van der Waals surface area (Å²) in [4.78, 5) is 0. The summed E-state index contributed by atoms with van der Waals surface area (Å²) in [5.74, 6) is 0. The van der Waals surface area contributed by atoms with E-state index in [9.17, 15) is 0 Å². The van der Waals surface area contributed by atoms with E-state index in [1.54, 1.807) is 6.20 Å². The van der Waals surface area contributed by atoms with Gasteiger partial charge in [-0.1, -0.05) is 29.8 Å². The second-order valence-electron chi connectivity index (χ2n) is 4.39. The zero-order valence-corrected chi connectivity index (χ0v) is 14.2. The van der Waals surface area contributed by atoms with Crippen LogP contribution in [0.15, 0.2) is 24.4 Å². The van der Waals surface area contributed by atoms with Gasteiger partial charge in [0.25, 0.3) is 0 Å². The Bertz CT molecular complexity index is 580. The van der Waals surface area contributed by atoms with Crippen molar-refractivity contribution in [2.45, 2.75) is 26.4 Å². The van der Waals surface area contributed by atoms with Crippen LogP contribution in [0.1, 0.15) is 29.8 Å². The van der Waals surface area contributed by atoms with E-state index in [2.05, 4.69) is 65.1 Å². The highest BCUT2D eigenvalue weighted by Gasteiger charge is 2.22. The van der Waals surface area contributed by atoms with Crippen LogP contribution >= 0.6 is 34.2 Å². The van der Waals surface area contributed by atoms with E-state index in [-0.39, 0.29) is 6.04 Å². The summed E-state index contributed by atoms with van der Waals surface area (Å²) in [5.41, 5.74) is 3.53. The Morgan fingerprint density at radius 2 is 2.21 bits per heavy atom. The average Bonchev–Trinajstić information content (AvgIpc) is 2.77. The maximum absolute atomic E-state index is 6.31. The van der Waals surface area contributed by atoms with Gasteiger partial charge in [0.15, 0.2) is 0 Å². The van der Waals surface area contributed by atoms with Crippen molar-refractivity contribution in [3.8, 4) is 0 Å². The molecule has 19 heavy (non-hydrogen) atoms. The van der Waals surface area contributed by atoms with Crippen molar-refractivity contribution in [2.24, 2.45) is 0 Å². The maximum Gasteiger partial charge on any atom is 0.0837 e. The SMILES string of the molecule is CCn1ncc(Cl)c1C(NC)c1cccc(C)c1I. The molecule has 1 N–H and O–H groups in total. The minimum atomic E-state index is 0.0572. The van der Waals surface area contributed by atoms with Gasteiger partial charge in [-0.15, -0.1) is 0 Å². The maximum atomic E-state index is 6.31. The third-order valence-electron chi connectivity index (χ3n) is 3.23. The first-order valence-corrected chi connectivity index (χ1v) is 7.69. The van der Waals surface area contributed by atoms with Crippen LogP contribution in [-0.2, 0) is 6.54 Å². The fraction of sp³-hybridized carbons (Fsp3) is 0.357. The van der Waals surface area contributed by atoms with Crippen LogP contribution in [0.25, 0.3) is 0 Å². The van der Waals surface area contributed by atoms with Gasteiger partial charge in [0.05, 0.1) is 23.0 Å². The van der Waals surface area contributed by atoms with Gasteiger partial charge in [-0.25, -0.2) is 0 Å². The molecule has 102 valence electrons. The first kappa shape index (κ1) is 14.8. The van der Waals surface area contributed by atoms with Crippen LogP contribution in [0, 0.1) is 10.5 Å². The molecule has 1 aromatic carbocycles. The minimum absolute atomic E-state index is 0.0572. The third kappa shape index (κ3) is 2.80. The fourth-order valence-electron chi connectivity index (χ4n) is 2.24. The van der Waals surface area contributed by atoms with Gasteiger partial charge in [0.1, 0.15) is 0 Å². The predicted octanol–water partition coefficient (Wildman–Crippen LogP) is 3.78. The standard InChI is InChI=1S/C14H17ClIN3/c1-4-19-14(11(15)8-18-19)13(17-3)10-7-5-6-9(2)12(10)16/h5-8,13,17H,4H2,1-3H3. The van der Waals surface area contributed by atoms with Crippen molar-refractivity contribution < 1.29 is 0 Å². The summed E-state index contributed by atoms with van der Waals surface area (Å²) in [5, 5.41) is 8.38. The number of nitrogens with zero attached hydrogens (tertiary/aromatic N) is 2. The van der Waals surface area contributed by atoms with Crippen molar-refractivity contribution >= 4 is 34.2 Å². The molecule has 1 atom stereocenters. The zero-order chi connectivity index (χ0) is 14.0. The second kappa shape index (κ2) is 6.24. The van der Waals surface area contributed by atoms with Gasteiger partial charge in [-0.05, 0) is 54.6 Å². The summed E-state index contributed by atoms with van der Waals surface area (Å²) in [7, 11) is 1.95. The van der Waals surface area contributed by atoms with Crippen LogP contribution in [0.5, 0.6) is 0 Å². The molecule has 1 aromatic heterocycles. The van der Waals surface area contributed by atoms with Gasteiger partial charge in [0.2, 0.25) is 0 Å². The van der Waals surface area contributed by atoms with E-state index >= 15 is 0 Å². The van der Waals surface area contributed by atoms with E-state index in [1.807, 2.05) is 11.7 Å². The lowest BCUT2D eigenvalue weighted by atomic mass is 10.0. The number of nitrogens with one attached hydrogen (secondary N) is 1. The van der Waals surface area contributed by atoms with Crippen LogP contribution in [-0.4, -0.2) is 16.8 Å². The van der Waals surface area contributed by atoms with Crippen LogP contribution in [0.3, 0.4) is 0 Å². The van der Waals surface area contributed by atoms with Crippen LogP contribution in [0.4, 0.5) is 0 Å². The summed E-state index contributed by atoms with van der Waals surface area (Å²) < 4.78 is 3.21. The molecule has 0 spiro atoms. The largest absolute Gasteiger partial charge is 0.308 e. The Morgan fingerprint density at radius 1 is 1.47 bits per heavy atom. The van der Waals surface area contributed by atoms with Gasteiger partial charge in [-0.2, -0.15) is 5.10 Å². The molecule has 5 heteroatoms. The lowest BCUT2D eigenvalue weighted by Crippen LogP contribution is -2.23. The quantitative estimate of drug-likeness (QED) is 0.807. The highest BCUT2D eigenvalue weighted by atomic mass is 127. The smallest absolute Gasteiger partial charge is 0.0837 e. The molecule has 0 saturated carbocycles. The monoisotopic (exact) mass is 389 g/mol. The van der Waals surface area contributed by atoms with E-state index < -0.39 is 0 Å². The molecule has 1 unspecified atom stereocenters. The van der Waals surface area contributed by atoms with E-state index in [1.165, 1.54) is 14.7 Å². The molecule has 3 nitrogen and oxygen atoms in total. The molecule has 0 saturated heterocycles. The third-order valence-corrected chi connectivity index (χ3v) is 4.99. The topological polar surface area (TPSA) is 29.9 Å². The molecule has 0 bridgehead atoms. The van der Waals surface area contributed by atoms with Crippen molar-refractivity contribution in [1.29, 1.82) is 0 Å². The first-order valence-electron chi connectivity index (χ1n) is 6.23. The molecule has 0 radical (unpaired) electrons. The fourth-order valence-corrected chi connectivity index (χ4v) is 3.16. The number of benzene rings is 1. The molecule has 0 aliphatic heterocycles. The van der Waals surface area contributed by atoms with Crippen molar-refractivity contribution in [1.82, 2.24) is 15.1 Å². The highest BCUT2D eigenvalue weighted by molar-refractivity contribution is 14.1. The molecule has 0 fully saturated rings. The molecular weight excluding hydrogens is 373 g/mol. The van der Waals surface area contributed by atoms with E-state index in [0.717, 1.165) is 12.2 Å². The zero-order valence-electron chi connectivity index (χ0n) is 11.2. The Morgan fingerprint density at radius 3 is 2.84 bits per heavy atom. The van der Waals surface area contributed by atoms with Crippen LogP contribution in [0.2, 0.25) is 5.02 Å². The number of hydrogen-bond acceptors (Lipinski definition) is 2. The average molecular weight is 390 g/mol. The second-order valence-corrected chi connectivity index (χ2v) is 5.88. The molecular formula is C14H17ClIN3. The lowest BCUT2D eigenvalue weighted by molar-refractivity contribution is 0.562. The molecule has 0 aliphatic carbocycles. The first-order chi connectivity index (χ1) is 9.10. The number of aromatic nitrogens is 2. The Kier molecular flexibility index (Phi) is 4.86. The van der Waals surface area contributed by atoms with Gasteiger partial charge < -0.3 is 5.32 Å². The van der Waals surface area contributed by atoms with Crippen LogP contribution < -0.4 is 5.32 Å². The molecule has 2 rings (SSSR count). The Labute approximate surface area is 132 Å².